The third kappa shape index (κ3) is 3.93. The van der Waals surface area contributed by atoms with E-state index < -0.39 is 0 Å². The number of aromatic nitrogens is 1. The monoisotopic (exact) mass is 392 g/mol. The van der Waals surface area contributed by atoms with E-state index in [2.05, 4.69) is 95.2 Å². The molecule has 0 saturated heterocycles. The zero-order valence-corrected chi connectivity index (χ0v) is 16.8. The van der Waals surface area contributed by atoms with Gasteiger partial charge >= 0.3 is 0 Å². The molecule has 0 bridgehead atoms. The molecule has 30 heavy (non-hydrogen) atoms. The van der Waals surface area contributed by atoms with Crippen LogP contribution in [-0.4, -0.2) is 18.1 Å². The van der Waals surface area contributed by atoms with E-state index in [-0.39, 0.29) is 0 Å². The van der Waals surface area contributed by atoms with Gasteiger partial charge in [-0.15, -0.1) is 0 Å². The van der Waals surface area contributed by atoms with Gasteiger partial charge in [0.15, 0.2) is 0 Å². The van der Waals surface area contributed by atoms with Crippen LogP contribution in [0.2, 0.25) is 0 Å². The first kappa shape index (κ1) is 18.5. The summed E-state index contributed by atoms with van der Waals surface area (Å²) in [4.78, 5) is 3.56. The normalized spacial score (nSPS) is 11.2. The third-order valence-electron chi connectivity index (χ3n) is 5.40. The van der Waals surface area contributed by atoms with Gasteiger partial charge in [-0.2, -0.15) is 0 Å². The molecule has 0 saturated carbocycles. The lowest BCUT2D eigenvalue weighted by Gasteiger charge is -2.08. The van der Waals surface area contributed by atoms with E-state index in [1.165, 1.54) is 27.5 Å². The summed E-state index contributed by atoms with van der Waals surface area (Å²) >= 11 is 0. The lowest BCUT2D eigenvalue weighted by molar-refractivity contribution is 0.314. The summed E-state index contributed by atoms with van der Waals surface area (Å²) in [6, 6.07) is 33.8. The van der Waals surface area contributed by atoms with Crippen molar-refractivity contribution in [1.29, 1.82) is 0 Å². The fourth-order valence-electron chi connectivity index (χ4n) is 3.86. The first-order chi connectivity index (χ1) is 14.9. The van der Waals surface area contributed by atoms with E-state index in [1.54, 1.807) is 0 Å². The quantitative estimate of drug-likeness (QED) is 0.326. The van der Waals surface area contributed by atoms with Crippen LogP contribution in [0.15, 0.2) is 97.1 Å². The molecule has 0 aliphatic rings. The van der Waals surface area contributed by atoms with Gasteiger partial charge in [0.25, 0.3) is 0 Å². The molecular formula is C27H24N2O. The Hall–Kier alpha value is -3.56. The molecule has 1 aromatic heterocycles. The second-order valence-corrected chi connectivity index (χ2v) is 7.47. The second-order valence-electron chi connectivity index (χ2n) is 7.47. The largest absolute Gasteiger partial charge is 0.492 e. The van der Waals surface area contributed by atoms with Crippen molar-refractivity contribution in [2.45, 2.75) is 6.54 Å². The molecule has 0 aliphatic carbocycles. The van der Waals surface area contributed by atoms with Gasteiger partial charge in [-0.1, -0.05) is 72.8 Å². The maximum absolute atomic E-state index is 5.96. The molecule has 3 nitrogen and oxygen atoms in total. The Morgan fingerprint density at radius 2 is 1.37 bits per heavy atom. The van der Waals surface area contributed by atoms with Gasteiger partial charge < -0.3 is 15.0 Å². The molecule has 148 valence electrons. The van der Waals surface area contributed by atoms with E-state index >= 15 is 0 Å². The van der Waals surface area contributed by atoms with Crippen LogP contribution >= 0.6 is 0 Å². The molecule has 2 N–H and O–H groups in total. The number of aromatic amines is 1. The van der Waals surface area contributed by atoms with Crippen molar-refractivity contribution in [3.63, 3.8) is 0 Å². The summed E-state index contributed by atoms with van der Waals surface area (Å²) in [6.07, 6.45) is 0. The molecule has 4 aromatic carbocycles. The standard InChI is InChI=1S/C27H24N2O/c1-3-7-20(8-4-1)19-28-15-16-30-23-12-14-25-24-13-11-22(21-9-5-2-6-10-21)17-26(24)29-27(25)18-23/h1-14,17-18,28-29H,15-16,19H2. The molecule has 0 radical (unpaired) electrons. The first-order valence-electron chi connectivity index (χ1n) is 10.4. The third-order valence-corrected chi connectivity index (χ3v) is 5.40. The van der Waals surface area contributed by atoms with Crippen molar-refractivity contribution < 1.29 is 4.74 Å². The highest BCUT2D eigenvalue weighted by atomic mass is 16.5. The molecular weight excluding hydrogens is 368 g/mol. The van der Waals surface area contributed by atoms with Crippen LogP contribution in [0.3, 0.4) is 0 Å². The average molecular weight is 393 g/mol. The summed E-state index contributed by atoms with van der Waals surface area (Å²) in [5.41, 5.74) is 5.98. The Balaban J connectivity index is 1.27. The highest BCUT2D eigenvalue weighted by Crippen LogP contribution is 2.31. The van der Waals surface area contributed by atoms with E-state index in [9.17, 15) is 0 Å². The van der Waals surface area contributed by atoms with Crippen molar-refractivity contribution in [3.8, 4) is 16.9 Å². The molecule has 0 atom stereocenters. The van der Waals surface area contributed by atoms with Crippen molar-refractivity contribution in [3.05, 3.63) is 103 Å². The van der Waals surface area contributed by atoms with Crippen molar-refractivity contribution >= 4 is 21.8 Å². The number of fused-ring (bicyclic) bond motifs is 3. The number of ether oxygens (including phenoxy) is 1. The van der Waals surface area contributed by atoms with E-state index in [4.69, 9.17) is 4.74 Å². The summed E-state index contributed by atoms with van der Waals surface area (Å²) in [5, 5.41) is 5.88. The topological polar surface area (TPSA) is 37.0 Å². The Kier molecular flexibility index (Phi) is 5.19. The van der Waals surface area contributed by atoms with Crippen LogP contribution in [0, 0.1) is 0 Å². The highest BCUT2D eigenvalue weighted by molar-refractivity contribution is 6.08. The number of rotatable bonds is 7. The predicted molar refractivity (Wildman–Crippen MR) is 125 cm³/mol. The second kappa shape index (κ2) is 8.44. The lowest BCUT2D eigenvalue weighted by Crippen LogP contribution is -2.20. The van der Waals surface area contributed by atoms with Gasteiger partial charge in [0.05, 0.1) is 5.52 Å². The number of H-pyrrole nitrogens is 1. The van der Waals surface area contributed by atoms with E-state index in [0.717, 1.165) is 29.9 Å². The van der Waals surface area contributed by atoms with Crippen LogP contribution < -0.4 is 10.1 Å². The van der Waals surface area contributed by atoms with E-state index in [0.29, 0.717) is 6.61 Å². The van der Waals surface area contributed by atoms with Crippen LogP contribution in [0.25, 0.3) is 32.9 Å². The Morgan fingerprint density at radius 3 is 2.17 bits per heavy atom. The molecule has 0 unspecified atom stereocenters. The minimum atomic E-state index is 0.636. The van der Waals surface area contributed by atoms with Crippen molar-refractivity contribution in [1.82, 2.24) is 10.3 Å². The smallest absolute Gasteiger partial charge is 0.121 e. The van der Waals surface area contributed by atoms with Crippen LogP contribution in [0.1, 0.15) is 5.56 Å². The molecule has 5 rings (SSSR count). The molecule has 1 heterocycles. The van der Waals surface area contributed by atoms with Crippen LogP contribution in [-0.2, 0) is 6.54 Å². The fraction of sp³-hybridized carbons (Fsp3) is 0.111. The van der Waals surface area contributed by atoms with E-state index in [1.807, 2.05) is 12.1 Å². The SMILES string of the molecule is c1ccc(CNCCOc2ccc3c(c2)[nH]c2cc(-c4ccccc4)ccc23)cc1. The van der Waals surface area contributed by atoms with Gasteiger partial charge in [-0.05, 0) is 34.9 Å². The van der Waals surface area contributed by atoms with Gasteiger partial charge in [-0.3, -0.25) is 0 Å². The van der Waals surface area contributed by atoms with Crippen molar-refractivity contribution in [2.24, 2.45) is 0 Å². The summed E-state index contributed by atoms with van der Waals surface area (Å²) in [5.74, 6) is 0.888. The molecule has 0 amide bonds. The summed E-state index contributed by atoms with van der Waals surface area (Å²) in [7, 11) is 0. The number of hydrogen-bond donors (Lipinski definition) is 2. The molecule has 0 fully saturated rings. The lowest BCUT2D eigenvalue weighted by atomic mass is 10.0. The molecule has 0 spiro atoms. The minimum absolute atomic E-state index is 0.636. The van der Waals surface area contributed by atoms with Crippen LogP contribution in [0.4, 0.5) is 0 Å². The summed E-state index contributed by atoms with van der Waals surface area (Å²) < 4.78 is 5.96. The van der Waals surface area contributed by atoms with Gasteiger partial charge in [0, 0.05) is 35.4 Å². The highest BCUT2D eigenvalue weighted by Gasteiger charge is 2.07. The number of hydrogen-bond acceptors (Lipinski definition) is 2. The maximum Gasteiger partial charge on any atom is 0.121 e. The van der Waals surface area contributed by atoms with Gasteiger partial charge in [-0.25, -0.2) is 0 Å². The van der Waals surface area contributed by atoms with Crippen molar-refractivity contribution in [2.75, 3.05) is 13.2 Å². The Bertz CT molecular complexity index is 1260. The van der Waals surface area contributed by atoms with Gasteiger partial charge in [0.1, 0.15) is 12.4 Å². The molecule has 5 aromatic rings. The minimum Gasteiger partial charge on any atom is -0.492 e. The molecule has 3 heteroatoms. The summed E-state index contributed by atoms with van der Waals surface area (Å²) in [6.45, 7) is 2.30. The van der Waals surface area contributed by atoms with Gasteiger partial charge in [0.2, 0.25) is 0 Å². The first-order valence-corrected chi connectivity index (χ1v) is 10.4. The zero-order valence-electron chi connectivity index (χ0n) is 16.8. The average Bonchev–Trinajstić information content (AvgIpc) is 3.17. The fourth-order valence-corrected chi connectivity index (χ4v) is 3.86. The number of benzene rings is 4. The van der Waals surface area contributed by atoms with Crippen LogP contribution in [0.5, 0.6) is 5.75 Å². The Morgan fingerprint density at radius 1 is 0.667 bits per heavy atom. The maximum atomic E-state index is 5.96. The zero-order chi connectivity index (χ0) is 20.2. The molecule has 0 aliphatic heterocycles. The Labute approximate surface area is 176 Å². The number of nitrogens with one attached hydrogen (secondary N) is 2. The predicted octanol–water partition coefficient (Wildman–Crippen LogP) is 6.16.